The van der Waals surface area contributed by atoms with E-state index in [0.29, 0.717) is 28.6 Å². The van der Waals surface area contributed by atoms with Crippen LogP contribution in [0.4, 0.5) is 0 Å². The van der Waals surface area contributed by atoms with Gasteiger partial charge in [-0.3, -0.25) is 0 Å². The molecule has 0 bridgehead atoms. The Balaban J connectivity index is 1.99. The van der Waals surface area contributed by atoms with Crippen molar-refractivity contribution in [2.75, 3.05) is 6.61 Å². The zero-order valence-electron chi connectivity index (χ0n) is 10.7. The zero-order chi connectivity index (χ0) is 13.5. The van der Waals surface area contributed by atoms with Gasteiger partial charge in [0.2, 0.25) is 16.1 Å². The van der Waals surface area contributed by atoms with Crippen molar-refractivity contribution in [3.63, 3.8) is 0 Å². The van der Waals surface area contributed by atoms with Crippen LogP contribution in [0.2, 0.25) is 0 Å². The first-order valence-corrected chi connectivity index (χ1v) is 7.85. The molecule has 0 N–H and O–H groups in total. The standard InChI is InChI=1S/C14H16O4S/c1-10-13(9-11-7-8-17-14(11)18-10)19(15,16)12-5-3-2-4-6-12/h2-6,11,14H,7-9H2,1H3. The Labute approximate surface area is 113 Å². The van der Waals surface area contributed by atoms with E-state index in [4.69, 9.17) is 9.47 Å². The second-order valence-electron chi connectivity index (χ2n) is 4.91. The first kappa shape index (κ1) is 12.7. The van der Waals surface area contributed by atoms with Crippen LogP contribution >= 0.6 is 0 Å². The third-order valence-corrected chi connectivity index (χ3v) is 5.66. The van der Waals surface area contributed by atoms with E-state index < -0.39 is 9.84 Å². The van der Waals surface area contributed by atoms with E-state index in [2.05, 4.69) is 0 Å². The summed E-state index contributed by atoms with van der Waals surface area (Å²) in [6.45, 7) is 2.34. The van der Waals surface area contributed by atoms with E-state index in [1.807, 2.05) is 0 Å². The van der Waals surface area contributed by atoms with E-state index in [1.165, 1.54) is 0 Å². The van der Waals surface area contributed by atoms with Crippen molar-refractivity contribution >= 4 is 9.84 Å². The van der Waals surface area contributed by atoms with Crippen LogP contribution in [-0.4, -0.2) is 21.3 Å². The molecule has 0 radical (unpaired) electrons. The van der Waals surface area contributed by atoms with Gasteiger partial charge >= 0.3 is 0 Å². The average molecular weight is 280 g/mol. The molecule has 2 atom stereocenters. The minimum atomic E-state index is -3.45. The summed E-state index contributed by atoms with van der Waals surface area (Å²) >= 11 is 0. The second kappa shape index (κ2) is 4.65. The maximum atomic E-state index is 12.6. The van der Waals surface area contributed by atoms with Crippen LogP contribution in [0.25, 0.3) is 0 Å². The van der Waals surface area contributed by atoms with Gasteiger partial charge in [-0.1, -0.05) is 18.2 Å². The Bertz CT molecular complexity index is 604. The molecule has 1 fully saturated rings. The molecule has 5 heteroatoms. The Morgan fingerprint density at radius 3 is 2.68 bits per heavy atom. The second-order valence-corrected chi connectivity index (χ2v) is 6.88. The minimum absolute atomic E-state index is 0.150. The number of rotatable bonds is 2. The summed E-state index contributed by atoms with van der Waals surface area (Å²) in [5.41, 5.74) is 0. The highest BCUT2D eigenvalue weighted by Crippen LogP contribution is 2.39. The van der Waals surface area contributed by atoms with Crippen molar-refractivity contribution in [3.8, 4) is 0 Å². The molecule has 4 nitrogen and oxygen atoms in total. The van der Waals surface area contributed by atoms with Crippen molar-refractivity contribution in [2.24, 2.45) is 5.92 Å². The van der Waals surface area contributed by atoms with Gasteiger partial charge in [0.05, 0.1) is 16.4 Å². The summed E-state index contributed by atoms with van der Waals surface area (Å²) in [7, 11) is -3.45. The number of ether oxygens (including phenoxy) is 2. The smallest absolute Gasteiger partial charge is 0.206 e. The molecule has 0 aromatic heterocycles. The third kappa shape index (κ3) is 2.17. The monoisotopic (exact) mass is 280 g/mol. The van der Waals surface area contributed by atoms with E-state index in [1.54, 1.807) is 37.3 Å². The van der Waals surface area contributed by atoms with Crippen LogP contribution in [-0.2, 0) is 19.3 Å². The number of allylic oxidation sites excluding steroid dienone is 2. The summed E-state index contributed by atoms with van der Waals surface area (Å²) in [6.07, 6.45) is 1.09. The van der Waals surface area contributed by atoms with Gasteiger partial charge in [-0.2, -0.15) is 0 Å². The largest absolute Gasteiger partial charge is 0.468 e. The molecule has 19 heavy (non-hydrogen) atoms. The summed E-state index contributed by atoms with van der Waals surface area (Å²) in [5, 5.41) is 0. The summed E-state index contributed by atoms with van der Waals surface area (Å²) in [4.78, 5) is 0.718. The SMILES string of the molecule is CC1=C(S(=O)(=O)c2ccccc2)CC2CCOC2O1. The molecular formula is C14H16O4S. The Hall–Kier alpha value is -1.33. The highest BCUT2D eigenvalue weighted by molar-refractivity contribution is 7.95. The van der Waals surface area contributed by atoms with Crippen LogP contribution < -0.4 is 0 Å². The predicted octanol–water partition coefficient (Wildman–Crippen LogP) is 2.47. The molecule has 102 valence electrons. The molecule has 2 heterocycles. The van der Waals surface area contributed by atoms with Gasteiger partial charge in [0.25, 0.3) is 0 Å². The summed E-state index contributed by atoms with van der Waals surface area (Å²) < 4.78 is 36.3. The predicted molar refractivity (Wildman–Crippen MR) is 69.9 cm³/mol. The fourth-order valence-electron chi connectivity index (χ4n) is 2.60. The molecule has 1 aromatic rings. The van der Waals surface area contributed by atoms with Gasteiger partial charge in [0, 0.05) is 5.92 Å². The Morgan fingerprint density at radius 2 is 1.95 bits per heavy atom. The quantitative estimate of drug-likeness (QED) is 0.835. The van der Waals surface area contributed by atoms with Crippen molar-refractivity contribution < 1.29 is 17.9 Å². The highest BCUT2D eigenvalue weighted by Gasteiger charge is 2.39. The maximum Gasteiger partial charge on any atom is 0.206 e. The van der Waals surface area contributed by atoms with Gasteiger partial charge in [-0.25, -0.2) is 8.42 Å². The topological polar surface area (TPSA) is 52.6 Å². The molecule has 0 amide bonds. The van der Waals surface area contributed by atoms with E-state index in [-0.39, 0.29) is 12.2 Å². The van der Waals surface area contributed by atoms with Crippen LogP contribution in [0.3, 0.4) is 0 Å². The maximum absolute atomic E-state index is 12.6. The van der Waals surface area contributed by atoms with Crippen molar-refractivity contribution in [3.05, 3.63) is 41.0 Å². The van der Waals surface area contributed by atoms with E-state index >= 15 is 0 Å². The zero-order valence-corrected chi connectivity index (χ0v) is 11.5. The number of hydrogen-bond donors (Lipinski definition) is 0. The van der Waals surface area contributed by atoms with Crippen LogP contribution in [0.1, 0.15) is 19.8 Å². The highest BCUT2D eigenvalue weighted by atomic mass is 32.2. The van der Waals surface area contributed by atoms with Gasteiger partial charge in [0.15, 0.2) is 0 Å². The minimum Gasteiger partial charge on any atom is -0.468 e. The summed E-state index contributed by atoms with van der Waals surface area (Å²) in [6, 6.07) is 8.50. The fraction of sp³-hybridized carbons (Fsp3) is 0.429. The molecule has 0 spiro atoms. The number of hydrogen-bond acceptors (Lipinski definition) is 4. The van der Waals surface area contributed by atoms with Crippen LogP contribution in [0.5, 0.6) is 0 Å². The normalized spacial score (nSPS) is 27.0. The number of benzene rings is 1. The molecule has 2 unspecified atom stereocenters. The van der Waals surface area contributed by atoms with Crippen molar-refractivity contribution in [2.45, 2.75) is 31.0 Å². The third-order valence-electron chi connectivity index (χ3n) is 3.67. The Kier molecular flexibility index (Phi) is 3.11. The lowest BCUT2D eigenvalue weighted by Gasteiger charge is -2.28. The molecule has 2 aliphatic rings. The molecular weight excluding hydrogens is 264 g/mol. The van der Waals surface area contributed by atoms with Crippen molar-refractivity contribution in [1.82, 2.24) is 0 Å². The van der Waals surface area contributed by atoms with E-state index in [0.717, 1.165) is 6.42 Å². The van der Waals surface area contributed by atoms with Crippen LogP contribution in [0.15, 0.2) is 45.9 Å². The fourth-order valence-corrected chi connectivity index (χ4v) is 4.26. The number of fused-ring (bicyclic) bond motifs is 1. The van der Waals surface area contributed by atoms with Gasteiger partial charge in [-0.05, 0) is 31.9 Å². The lowest BCUT2D eigenvalue weighted by Crippen LogP contribution is -2.27. The average Bonchev–Trinajstić information content (AvgIpc) is 2.85. The molecule has 1 aromatic carbocycles. The van der Waals surface area contributed by atoms with E-state index in [9.17, 15) is 8.42 Å². The van der Waals surface area contributed by atoms with Crippen molar-refractivity contribution in [1.29, 1.82) is 0 Å². The van der Waals surface area contributed by atoms with Gasteiger partial charge < -0.3 is 9.47 Å². The first-order chi connectivity index (χ1) is 9.09. The molecule has 3 rings (SSSR count). The van der Waals surface area contributed by atoms with Gasteiger partial charge in [-0.15, -0.1) is 0 Å². The van der Waals surface area contributed by atoms with Crippen LogP contribution in [0, 0.1) is 5.92 Å². The lowest BCUT2D eigenvalue weighted by molar-refractivity contribution is -0.109. The molecule has 0 aliphatic carbocycles. The summed E-state index contributed by atoms with van der Waals surface area (Å²) in [5.74, 6) is 0.615. The van der Waals surface area contributed by atoms with Gasteiger partial charge in [0.1, 0.15) is 5.76 Å². The lowest BCUT2D eigenvalue weighted by atomic mass is 10.0. The molecule has 0 saturated carbocycles. The Morgan fingerprint density at radius 1 is 1.21 bits per heavy atom. The number of sulfone groups is 1. The molecule has 2 aliphatic heterocycles. The first-order valence-electron chi connectivity index (χ1n) is 6.37. The molecule has 1 saturated heterocycles.